The van der Waals surface area contributed by atoms with E-state index >= 15 is 0 Å². The zero-order chi connectivity index (χ0) is 15.4. The molecule has 0 fully saturated rings. The topological polar surface area (TPSA) is 21.3 Å². The maximum atomic E-state index is 6.21. The smallest absolute Gasteiger partial charge is 0.119 e. The van der Waals surface area contributed by atoms with Crippen LogP contribution >= 0.6 is 23.2 Å². The van der Waals surface area contributed by atoms with Gasteiger partial charge in [-0.05, 0) is 56.2 Å². The largest absolute Gasteiger partial charge is 0.491 e. The molecule has 2 aromatic carbocycles. The second kappa shape index (κ2) is 7.06. The second-order valence-electron chi connectivity index (χ2n) is 5.25. The van der Waals surface area contributed by atoms with Crippen LogP contribution in [-0.4, -0.2) is 6.10 Å². The first-order valence-corrected chi connectivity index (χ1v) is 7.66. The monoisotopic (exact) mass is 323 g/mol. The Bertz CT molecular complexity index is 609. The fourth-order valence-corrected chi connectivity index (χ4v) is 2.39. The molecule has 2 aromatic rings. The van der Waals surface area contributed by atoms with Crippen molar-refractivity contribution in [3.8, 4) is 5.75 Å². The predicted molar refractivity (Wildman–Crippen MR) is 90.7 cm³/mol. The summed E-state index contributed by atoms with van der Waals surface area (Å²) >= 11 is 12.3. The molecule has 0 saturated heterocycles. The van der Waals surface area contributed by atoms with Gasteiger partial charge in [-0.1, -0.05) is 35.3 Å². The fraction of sp³-hybridized carbons (Fsp3) is 0.294. The van der Waals surface area contributed by atoms with E-state index in [2.05, 4.69) is 5.32 Å². The third kappa shape index (κ3) is 4.55. The summed E-state index contributed by atoms with van der Waals surface area (Å²) in [4.78, 5) is 0. The molecule has 0 radical (unpaired) electrons. The molecule has 0 spiro atoms. The number of ether oxygens (including phenoxy) is 1. The molecular formula is C17H19Cl2NO. The molecule has 0 bridgehead atoms. The highest BCUT2D eigenvalue weighted by Gasteiger charge is 2.05. The van der Waals surface area contributed by atoms with Crippen LogP contribution in [0.5, 0.6) is 5.75 Å². The summed E-state index contributed by atoms with van der Waals surface area (Å²) in [5.74, 6) is 0.880. The van der Waals surface area contributed by atoms with Crippen molar-refractivity contribution in [2.24, 2.45) is 0 Å². The van der Waals surface area contributed by atoms with E-state index in [0.29, 0.717) is 16.6 Å². The minimum Gasteiger partial charge on any atom is -0.491 e. The zero-order valence-electron chi connectivity index (χ0n) is 12.4. The van der Waals surface area contributed by atoms with E-state index in [-0.39, 0.29) is 6.10 Å². The number of halogens is 2. The molecule has 2 nitrogen and oxygen atoms in total. The number of hydrogen-bond donors (Lipinski definition) is 1. The third-order valence-corrected chi connectivity index (χ3v) is 3.75. The maximum Gasteiger partial charge on any atom is 0.119 e. The SMILES string of the molecule is Cc1cc(Cl)c(NCc2ccc(OC(C)C)cc2)cc1Cl. The number of aryl methyl sites for hydroxylation is 1. The Hall–Kier alpha value is -1.38. The lowest BCUT2D eigenvalue weighted by atomic mass is 10.2. The number of rotatable bonds is 5. The normalized spacial score (nSPS) is 10.8. The molecule has 1 N–H and O–H groups in total. The molecule has 0 aliphatic heterocycles. The summed E-state index contributed by atoms with van der Waals surface area (Å²) in [5.41, 5.74) is 2.97. The van der Waals surface area contributed by atoms with Crippen molar-refractivity contribution in [3.63, 3.8) is 0 Å². The van der Waals surface area contributed by atoms with Crippen molar-refractivity contribution in [1.82, 2.24) is 0 Å². The van der Waals surface area contributed by atoms with Crippen molar-refractivity contribution in [1.29, 1.82) is 0 Å². The molecular weight excluding hydrogens is 305 g/mol. The predicted octanol–water partition coefficient (Wildman–Crippen LogP) is 5.70. The summed E-state index contributed by atoms with van der Waals surface area (Å²) < 4.78 is 5.62. The van der Waals surface area contributed by atoms with Gasteiger partial charge >= 0.3 is 0 Å². The summed E-state index contributed by atoms with van der Waals surface area (Å²) in [5, 5.41) is 4.69. The molecule has 0 aliphatic carbocycles. The van der Waals surface area contributed by atoms with Gasteiger partial charge in [-0.15, -0.1) is 0 Å². The molecule has 0 atom stereocenters. The Kier molecular flexibility index (Phi) is 5.38. The summed E-state index contributed by atoms with van der Waals surface area (Å²) in [6, 6.07) is 11.7. The first kappa shape index (κ1) is 16.0. The molecule has 112 valence electrons. The van der Waals surface area contributed by atoms with Crippen molar-refractivity contribution in [2.75, 3.05) is 5.32 Å². The minimum atomic E-state index is 0.183. The van der Waals surface area contributed by atoms with Crippen LogP contribution in [-0.2, 0) is 6.54 Å². The quantitative estimate of drug-likeness (QED) is 0.761. The molecule has 4 heteroatoms. The van der Waals surface area contributed by atoms with Crippen molar-refractivity contribution < 1.29 is 4.74 Å². The van der Waals surface area contributed by atoms with E-state index in [9.17, 15) is 0 Å². The van der Waals surface area contributed by atoms with Crippen LogP contribution in [0.25, 0.3) is 0 Å². The maximum absolute atomic E-state index is 6.21. The molecule has 2 rings (SSSR count). The highest BCUT2D eigenvalue weighted by atomic mass is 35.5. The molecule has 0 heterocycles. The van der Waals surface area contributed by atoms with Crippen molar-refractivity contribution in [3.05, 3.63) is 57.6 Å². The lowest BCUT2D eigenvalue weighted by Crippen LogP contribution is -2.05. The molecule has 0 aromatic heterocycles. The van der Waals surface area contributed by atoms with Gasteiger partial charge in [0.1, 0.15) is 5.75 Å². The van der Waals surface area contributed by atoms with Crippen LogP contribution in [0.15, 0.2) is 36.4 Å². The standard InChI is InChI=1S/C17H19Cl2NO/c1-11(2)21-14-6-4-13(5-7-14)10-20-17-9-15(18)12(3)8-16(17)19/h4-9,11,20H,10H2,1-3H3. The van der Waals surface area contributed by atoms with Gasteiger partial charge in [-0.3, -0.25) is 0 Å². The third-order valence-electron chi connectivity index (χ3n) is 3.03. The van der Waals surface area contributed by atoms with Gasteiger partial charge in [-0.2, -0.15) is 0 Å². The zero-order valence-corrected chi connectivity index (χ0v) is 13.9. The molecule has 0 aliphatic rings. The number of nitrogens with one attached hydrogen (secondary N) is 1. The van der Waals surface area contributed by atoms with Crippen LogP contribution in [0.4, 0.5) is 5.69 Å². The van der Waals surface area contributed by atoms with Crippen LogP contribution in [0, 0.1) is 6.92 Å². The molecule has 0 saturated carbocycles. The summed E-state index contributed by atoms with van der Waals surface area (Å²) in [6.45, 7) is 6.64. The Morgan fingerprint density at radius 3 is 2.33 bits per heavy atom. The number of hydrogen-bond acceptors (Lipinski definition) is 2. The van der Waals surface area contributed by atoms with Gasteiger partial charge in [0, 0.05) is 11.6 Å². The molecule has 0 unspecified atom stereocenters. The van der Waals surface area contributed by atoms with E-state index < -0.39 is 0 Å². The van der Waals surface area contributed by atoms with E-state index in [1.807, 2.05) is 57.2 Å². The Morgan fingerprint density at radius 2 is 1.71 bits per heavy atom. The van der Waals surface area contributed by atoms with Gasteiger partial charge in [0.25, 0.3) is 0 Å². The van der Waals surface area contributed by atoms with Crippen LogP contribution in [0.1, 0.15) is 25.0 Å². The second-order valence-corrected chi connectivity index (χ2v) is 6.06. The van der Waals surface area contributed by atoms with E-state index in [0.717, 1.165) is 22.6 Å². The summed E-state index contributed by atoms with van der Waals surface area (Å²) in [7, 11) is 0. The number of anilines is 1. The average molecular weight is 324 g/mol. The Morgan fingerprint density at radius 1 is 1.05 bits per heavy atom. The van der Waals surface area contributed by atoms with E-state index in [4.69, 9.17) is 27.9 Å². The highest BCUT2D eigenvalue weighted by molar-refractivity contribution is 6.35. The Labute approximate surface area is 136 Å². The van der Waals surface area contributed by atoms with Gasteiger partial charge in [0.15, 0.2) is 0 Å². The van der Waals surface area contributed by atoms with E-state index in [1.165, 1.54) is 0 Å². The van der Waals surface area contributed by atoms with Gasteiger partial charge in [0.05, 0.1) is 16.8 Å². The van der Waals surface area contributed by atoms with Crippen molar-refractivity contribution >= 4 is 28.9 Å². The molecule has 0 amide bonds. The van der Waals surface area contributed by atoms with Gasteiger partial charge < -0.3 is 10.1 Å². The lowest BCUT2D eigenvalue weighted by molar-refractivity contribution is 0.242. The van der Waals surface area contributed by atoms with Crippen molar-refractivity contribution in [2.45, 2.75) is 33.4 Å². The van der Waals surface area contributed by atoms with Crippen LogP contribution in [0.3, 0.4) is 0 Å². The van der Waals surface area contributed by atoms with Gasteiger partial charge in [0.2, 0.25) is 0 Å². The van der Waals surface area contributed by atoms with Crippen LogP contribution in [0.2, 0.25) is 10.0 Å². The first-order valence-electron chi connectivity index (χ1n) is 6.91. The minimum absolute atomic E-state index is 0.183. The average Bonchev–Trinajstić information content (AvgIpc) is 2.42. The fourth-order valence-electron chi connectivity index (χ4n) is 1.94. The summed E-state index contributed by atoms with van der Waals surface area (Å²) in [6.07, 6.45) is 0.183. The lowest BCUT2D eigenvalue weighted by Gasteiger charge is -2.12. The Balaban J connectivity index is 2.01. The van der Waals surface area contributed by atoms with Crippen LogP contribution < -0.4 is 10.1 Å². The first-order chi connectivity index (χ1) is 9.95. The number of benzene rings is 2. The highest BCUT2D eigenvalue weighted by Crippen LogP contribution is 2.29. The van der Waals surface area contributed by atoms with E-state index in [1.54, 1.807) is 0 Å². The van der Waals surface area contributed by atoms with Gasteiger partial charge in [-0.25, -0.2) is 0 Å². The molecule has 21 heavy (non-hydrogen) atoms.